The molecular formula is C23H31ClN6O3S. The van der Waals surface area contributed by atoms with Crippen molar-refractivity contribution in [1.29, 1.82) is 0 Å². The van der Waals surface area contributed by atoms with Crippen molar-refractivity contribution in [2.45, 2.75) is 24.7 Å². The number of rotatable bonds is 9. The Morgan fingerprint density at radius 3 is 2.15 bits per heavy atom. The molecule has 3 rings (SSSR count). The Hall–Kier alpha value is -2.92. The number of carbonyl (C=O) groups excluding carboxylic acids is 1. The summed E-state index contributed by atoms with van der Waals surface area (Å²) in [6.07, 6.45) is 4.05. The number of halogens is 1. The summed E-state index contributed by atoms with van der Waals surface area (Å²) in [4.78, 5) is 17.8. The molecule has 0 spiro atoms. The zero-order valence-corrected chi connectivity index (χ0v) is 20.7. The molecule has 1 heterocycles. The van der Waals surface area contributed by atoms with Gasteiger partial charge < -0.3 is 21.7 Å². The Labute approximate surface area is 206 Å². The normalized spacial score (nSPS) is 14.3. The van der Waals surface area contributed by atoms with Gasteiger partial charge in [0.2, 0.25) is 10.0 Å². The number of nitrogens with zero attached hydrogens (tertiary/aromatic N) is 2. The summed E-state index contributed by atoms with van der Waals surface area (Å²) in [5, 5.41) is 3.23. The van der Waals surface area contributed by atoms with E-state index in [-0.39, 0.29) is 23.3 Å². The Morgan fingerprint density at radius 1 is 1.03 bits per heavy atom. The van der Waals surface area contributed by atoms with Gasteiger partial charge in [-0.25, -0.2) is 13.1 Å². The molecule has 34 heavy (non-hydrogen) atoms. The minimum absolute atomic E-state index is 0. The highest BCUT2D eigenvalue weighted by Gasteiger charge is 2.16. The summed E-state index contributed by atoms with van der Waals surface area (Å²) in [5.41, 5.74) is 13.3. The second-order valence-corrected chi connectivity index (χ2v) is 9.65. The van der Waals surface area contributed by atoms with Gasteiger partial charge >= 0.3 is 0 Å². The number of hydrogen-bond donors (Lipinski definition) is 4. The fourth-order valence-electron chi connectivity index (χ4n) is 3.49. The van der Waals surface area contributed by atoms with Crippen LogP contribution < -0.4 is 21.5 Å². The number of benzene rings is 2. The van der Waals surface area contributed by atoms with Crippen molar-refractivity contribution in [3.63, 3.8) is 0 Å². The van der Waals surface area contributed by atoms with E-state index in [0.717, 1.165) is 36.6 Å². The number of nitrogens with two attached hydrogens (primary N) is 2. The molecule has 1 saturated heterocycles. The highest BCUT2D eigenvalue weighted by Crippen LogP contribution is 2.20. The molecule has 184 valence electrons. The summed E-state index contributed by atoms with van der Waals surface area (Å²) in [7, 11) is -3.54. The van der Waals surface area contributed by atoms with Crippen molar-refractivity contribution in [3.05, 3.63) is 59.7 Å². The van der Waals surface area contributed by atoms with Gasteiger partial charge in [-0.2, -0.15) is 4.99 Å². The SMILES string of the molecule is CC(=Cc1ccc(Nc2ccc(S(=O)(=O)NCCN3CCCC3)cc2)cc1)C(=O)N=C(N)N.Cl. The van der Waals surface area contributed by atoms with Crippen LogP contribution in [-0.2, 0) is 14.8 Å². The first-order valence-corrected chi connectivity index (χ1v) is 12.2. The van der Waals surface area contributed by atoms with E-state index in [2.05, 4.69) is 19.9 Å². The largest absolute Gasteiger partial charge is 0.370 e. The van der Waals surface area contributed by atoms with E-state index in [9.17, 15) is 13.2 Å². The predicted molar refractivity (Wildman–Crippen MR) is 139 cm³/mol. The molecule has 1 amide bonds. The number of nitrogens with one attached hydrogen (secondary N) is 2. The summed E-state index contributed by atoms with van der Waals surface area (Å²) in [6, 6.07) is 14.0. The van der Waals surface area contributed by atoms with Crippen LogP contribution in [0.1, 0.15) is 25.3 Å². The maximum atomic E-state index is 12.5. The number of sulfonamides is 1. The molecule has 6 N–H and O–H groups in total. The van der Waals surface area contributed by atoms with Crippen molar-refractivity contribution in [2.24, 2.45) is 16.5 Å². The van der Waals surface area contributed by atoms with Crippen LogP contribution in [0.5, 0.6) is 0 Å². The van der Waals surface area contributed by atoms with Gasteiger partial charge in [-0.05, 0) is 80.9 Å². The molecule has 0 aliphatic carbocycles. The van der Waals surface area contributed by atoms with Crippen LogP contribution in [-0.4, -0.2) is 51.4 Å². The maximum Gasteiger partial charge on any atom is 0.275 e. The molecule has 2 aromatic carbocycles. The number of hydrogen-bond acceptors (Lipinski definition) is 5. The van der Waals surface area contributed by atoms with Gasteiger partial charge in [0.25, 0.3) is 5.91 Å². The van der Waals surface area contributed by atoms with E-state index in [1.54, 1.807) is 37.3 Å². The van der Waals surface area contributed by atoms with Crippen LogP contribution in [0, 0.1) is 0 Å². The molecular weight excluding hydrogens is 476 g/mol. The topological polar surface area (TPSA) is 143 Å². The van der Waals surface area contributed by atoms with Crippen LogP contribution in [0.2, 0.25) is 0 Å². The predicted octanol–water partition coefficient (Wildman–Crippen LogP) is 2.43. The first-order valence-electron chi connectivity index (χ1n) is 10.7. The highest BCUT2D eigenvalue weighted by molar-refractivity contribution is 7.89. The van der Waals surface area contributed by atoms with Crippen molar-refractivity contribution < 1.29 is 13.2 Å². The fourth-order valence-corrected chi connectivity index (χ4v) is 4.51. The Bertz CT molecular complexity index is 1120. The molecule has 0 aromatic heterocycles. The lowest BCUT2D eigenvalue weighted by Gasteiger charge is -2.15. The molecule has 0 radical (unpaired) electrons. The number of carbonyl (C=O) groups is 1. The van der Waals surface area contributed by atoms with Gasteiger partial charge in [0.05, 0.1) is 4.90 Å². The number of likely N-dealkylation sites (tertiary alicyclic amines) is 1. The third kappa shape index (κ3) is 8.14. The smallest absolute Gasteiger partial charge is 0.275 e. The monoisotopic (exact) mass is 506 g/mol. The van der Waals surface area contributed by atoms with E-state index in [1.165, 1.54) is 12.8 Å². The minimum Gasteiger partial charge on any atom is -0.370 e. The Morgan fingerprint density at radius 2 is 1.59 bits per heavy atom. The average molecular weight is 507 g/mol. The minimum atomic E-state index is -3.54. The molecule has 1 aliphatic heterocycles. The number of aliphatic imine (C=N–C) groups is 1. The van der Waals surface area contributed by atoms with Gasteiger partial charge in [0.1, 0.15) is 0 Å². The van der Waals surface area contributed by atoms with E-state index in [0.29, 0.717) is 12.1 Å². The molecule has 11 heteroatoms. The van der Waals surface area contributed by atoms with Gasteiger partial charge in [-0.15, -0.1) is 12.4 Å². The van der Waals surface area contributed by atoms with Gasteiger partial charge in [0.15, 0.2) is 5.96 Å². The zero-order valence-electron chi connectivity index (χ0n) is 19.0. The maximum absolute atomic E-state index is 12.5. The third-order valence-corrected chi connectivity index (χ3v) is 6.71. The standard InChI is InChI=1S/C23H30N6O3S.ClH/c1-17(22(30)28-23(24)25)16-18-4-6-19(7-5-18)27-20-8-10-21(11-9-20)33(31,32)26-12-15-29-13-2-3-14-29;/h4-11,16,26-27H,2-3,12-15H2,1H3,(H4,24,25,28,30);1H. The lowest BCUT2D eigenvalue weighted by atomic mass is 10.1. The molecule has 2 aromatic rings. The molecule has 0 saturated carbocycles. The van der Waals surface area contributed by atoms with E-state index in [1.807, 2.05) is 24.3 Å². The average Bonchev–Trinajstić information content (AvgIpc) is 3.28. The molecule has 0 unspecified atom stereocenters. The number of guanidine groups is 1. The fraction of sp³-hybridized carbons (Fsp3) is 0.304. The Balaban J connectivity index is 0.00000408. The zero-order chi connectivity index (χ0) is 23.8. The summed E-state index contributed by atoms with van der Waals surface area (Å²) in [5.74, 6) is -0.762. The van der Waals surface area contributed by atoms with Crippen molar-refractivity contribution in [3.8, 4) is 0 Å². The molecule has 0 atom stereocenters. The van der Waals surface area contributed by atoms with Crippen LogP contribution in [0.4, 0.5) is 11.4 Å². The van der Waals surface area contributed by atoms with Crippen LogP contribution >= 0.6 is 12.4 Å². The third-order valence-electron chi connectivity index (χ3n) is 5.23. The molecule has 9 nitrogen and oxygen atoms in total. The molecule has 1 fully saturated rings. The van der Waals surface area contributed by atoms with E-state index >= 15 is 0 Å². The van der Waals surface area contributed by atoms with Gasteiger partial charge in [0, 0.05) is 30.0 Å². The van der Waals surface area contributed by atoms with Crippen molar-refractivity contribution in [1.82, 2.24) is 9.62 Å². The van der Waals surface area contributed by atoms with Gasteiger partial charge in [-0.3, -0.25) is 4.79 Å². The molecule has 1 aliphatic rings. The summed E-state index contributed by atoms with van der Waals surface area (Å²) >= 11 is 0. The van der Waals surface area contributed by atoms with E-state index in [4.69, 9.17) is 11.5 Å². The van der Waals surface area contributed by atoms with Crippen molar-refractivity contribution >= 4 is 51.7 Å². The molecule has 0 bridgehead atoms. The quantitative estimate of drug-likeness (QED) is 0.232. The van der Waals surface area contributed by atoms with Gasteiger partial charge in [-0.1, -0.05) is 12.1 Å². The second-order valence-electron chi connectivity index (χ2n) is 7.89. The first-order chi connectivity index (χ1) is 15.7. The number of anilines is 2. The first kappa shape index (κ1) is 27.3. The number of amides is 1. The summed E-state index contributed by atoms with van der Waals surface area (Å²) in [6.45, 7) is 4.84. The van der Waals surface area contributed by atoms with Crippen molar-refractivity contribution in [2.75, 3.05) is 31.5 Å². The highest BCUT2D eigenvalue weighted by atomic mass is 35.5. The van der Waals surface area contributed by atoms with Crippen LogP contribution in [0.3, 0.4) is 0 Å². The second kappa shape index (κ2) is 12.5. The van der Waals surface area contributed by atoms with Crippen LogP contribution in [0.25, 0.3) is 6.08 Å². The lowest BCUT2D eigenvalue weighted by Crippen LogP contribution is -2.33. The Kier molecular flexibility index (Phi) is 10.1. The van der Waals surface area contributed by atoms with Crippen LogP contribution in [0.15, 0.2) is 64.0 Å². The summed E-state index contributed by atoms with van der Waals surface area (Å²) < 4.78 is 27.7. The van der Waals surface area contributed by atoms with E-state index < -0.39 is 15.9 Å². The lowest BCUT2D eigenvalue weighted by molar-refractivity contribution is -0.114.